The number of benzene rings is 2. The van der Waals surface area contributed by atoms with Gasteiger partial charge in [0.1, 0.15) is 18.3 Å². The molecule has 33 heavy (non-hydrogen) atoms. The second-order valence-electron chi connectivity index (χ2n) is 7.96. The Hall–Kier alpha value is -2.59. The molecule has 2 aromatic rings. The first-order valence-corrected chi connectivity index (χ1v) is 13.0. The molecule has 0 aliphatic rings. The molecule has 1 atom stereocenters. The number of methoxy groups -OCH3 is 1. The van der Waals surface area contributed by atoms with Gasteiger partial charge in [-0.1, -0.05) is 34.1 Å². The van der Waals surface area contributed by atoms with E-state index in [0.29, 0.717) is 11.4 Å². The third kappa shape index (κ3) is 7.75. The van der Waals surface area contributed by atoms with Crippen LogP contribution < -0.4 is 14.4 Å². The van der Waals surface area contributed by atoms with Gasteiger partial charge in [-0.25, -0.2) is 8.42 Å². The van der Waals surface area contributed by atoms with Crippen molar-refractivity contribution in [1.82, 2.24) is 10.2 Å². The normalized spacial score (nSPS) is 12.2. The number of hydrogen-bond donors (Lipinski definition) is 1. The molecule has 10 heteroatoms. The van der Waals surface area contributed by atoms with Crippen molar-refractivity contribution in [3.05, 3.63) is 58.6 Å². The van der Waals surface area contributed by atoms with Crippen LogP contribution in [-0.2, 0) is 26.2 Å². The Bertz CT molecular complexity index is 1090. The summed E-state index contributed by atoms with van der Waals surface area (Å²) in [5.41, 5.74) is 1.10. The molecule has 180 valence electrons. The van der Waals surface area contributed by atoms with Crippen LogP contribution in [-0.4, -0.2) is 57.1 Å². The zero-order valence-corrected chi connectivity index (χ0v) is 21.8. The SMILES string of the molecule is COc1cccc(N(CC(=O)N(Cc2cccc(Br)c2)[C@@H](C)C(=O)NC(C)C)S(C)(=O)=O)c1. The van der Waals surface area contributed by atoms with E-state index in [2.05, 4.69) is 21.2 Å². The minimum atomic E-state index is -3.79. The van der Waals surface area contributed by atoms with Gasteiger partial charge in [0.25, 0.3) is 0 Å². The van der Waals surface area contributed by atoms with Crippen LogP contribution in [0.5, 0.6) is 5.75 Å². The van der Waals surface area contributed by atoms with Crippen molar-refractivity contribution in [2.75, 3.05) is 24.2 Å². The van der Waals surface area contributed by atoms with Gasteiger partial charge in [0.2, 0.25) is 21.8 Å². The number of carbonyl (C=O) groups is 2. The third-order valence-electron chi connectivity index (χ3n) is 4.86. The molecule has 0 spiro atoms. The third-order valence-corrected chi connectivity index (χ3v) is 6.49. The van der Waals surface area contributed by atoms with Crippen LogP contribution in [0.2, 0.25) is 0 Å². The number of nitrogens with zero attached hydrogens (tertiary/aromatic N) is 2. The largest absolute Gasteiger partial charge is 0.497 e. The summed E-state index contributed by atoms with van der Waals surface area (Å²) in [4.78, 5) is 27.6. The van der Waals surface area contributed by atoms with E-state index in [1.165, 1.54) is 12.0 Å². The summed E-state index contributed by atoms with van der Waals surface area (Å²) in [6.45, 7) is 4.97. The van der Waals surface area contributed by atoms with Gasteiger partial charge in [-0.3, -0.25) is 13.9 Å². The molecule has 0 saturated carbocycles. The Morgan fingerprint density at radius 3 is 2.33 bits per heavy atom. The topological polar surface area (TPSA) is 96.0 Å². The predicted molar refractivity (Wildman–Crippen MR) is 133 cm³/mol. The molecule has 0 saturated heterocycles. The quantitative estimate of drug-likeness (QED) is 0.500. The lowest BCUT2D eigenvalue weighted by atomic mass is 10.1. The number of nitrogens with one attached hydrogen (secondary N) is 1. The summed E-state index contributed by atoms with van der Waals surface area (Å²) in [7, 11) is -2.32. The standard InChI is InChI=1S/C23H30BrN3O5S/c1-16(2)25-23(29)17(3)26(14-18-8-6-9-19(24)12-18)22(28)15-27(33(5,30)31)20-10-7-11-21(13-20)32-4/h6-13,16-17H,14-15H2,1-5H3,(H,25,29)/t17-/m0/s1. The van der Waals surface area contributed by atoms with Crippen LogP contribution in [0.4, 0.5) is 5.69 Å². The lowest BCUT2D eigenvalue weighted by Gasteiger charge is -2.32. The first-order valence-electron chi connectivity index (χ1n) is 10.4. The van der Waals surface area contributed by atoms with E-state index in [4.69, 9.17) is 4.74 Å². The molecule has 2 amide bonds. The number of anilines is 1. The van der Waals surface area contributed by atoms with Crippen LogP contribution in [0.3, 0.4) is 0 Å². The summed E-state index contributed by atoms with van der Waals surface area (Å²) in [5, 5.41) is 2.81. The van der Waals surface area contributed by atoms with E-state index in [1.807, 2.05) is 38.1 Å². The second-order valence-corrected chi connectivity index (χ2v) is 10.8. The fourth-order valence-corrected chi connectivity index (χ4v) is 4.49. The van der Waals surface area contributed by atoms with E-state index >= 15 is 0 Å². The number of hydrogen-bond acceptors (Lipinski definition) is 5. The summed E-state index contributed by atoms with van der Waals surface area (Å²) in [5.74, 6) is -0.362. The fourth-order valence-electron chi connectivity index (χ4n) is 3.20. The highest BCUT2D eigenvalue weighted by atomic mass is 79.9. The monoisotopic (exact) mass is 539 g/mol. The molecular formula is C23H30BrN3O5S. The van der Waals surface area contributed by atoms with Gasteiger partial charge in [-0.15, -0.1) is 0 Å². The van der Waals surface area contributed by atoms with Gasteiger partial charge >= 0.3 is 0 Å². The zero-order valence-electron chi connectivity index (χ0n) is 19.4. The second kappa shape index (κ2) is 11.5. The Balaban J connectivity index is 2.40. The minimum Gasteiger partial charge on any atom is -0.497 e. The van der Waals surface area contributed by atoms with Crippen LogP contribution >= 0.6 is 15.9 Å². The number of rotatable bonds is 10. The van der Waals surface area contributed by atoms with Crippen LogP contribution in [0.15, 0.2) is 53.0 Å². The molecule has 1 N–H and O–H groups in total. The van der Waals surface area contributed by atoms with Crippen molar-refractivity contribution in [3.8, 4) is 5.75 Å². The van der Waals surface area contributed by atoms with Gasteiger partial charge in [0.15, 0.2) is 0 Å². The number of sulfonamides is 1. The molecule has 0 unspecified atom stereocenters. The smallest absolute Gasteiger partial charge is 0.244 e. The molecule has 0 radical (unpaired) electrons. The highest BCUT2D eigenvalue weighted by Crippen LogP contribution is 2.24. The number of amides is 2. The van der Waals surface area contributed by atoms with E-state index in [-0.39, 0.29) is 18.5 Å². The van der Waals surface area contributed by atoms with E-state index in [1.54, 1.807) is 31.2 Å². The maximum Gasteiger partial charge on any atom is 0.244 e. The number of carbonyl (C=O) groups excluding carboxylic acids is 2. The van der Waals surface area contributed by atoms with Crippen molar-refractivity contribution < 1.29 is 22.7 Å². The summed E-state index contributed by atoms with van der Waals surface area (Å²) < 4.78 is 32.2. The fraction of sp³-hybridized carbons (Fsp3) is 0.391. The predicted octanol–water partition coefficient (Wildman–Crippen LogP) is 3.17. The van der Waals surface area contributed by atoms with Crippen molar-refractivity contribution in [2.45, 2.75) is 39.4 Å². The van der Waals surface area contributed by atoms with Crippen LogP contribution in [0.25, 0.3) is 0 Å². The average molecular weight is 540 g/mol. The molecule has 0 heterocycles. The number of halogens is 1. The number of ether oxygens (including phenoxy) is 1. The van der Waals surface area contributed by atoms with Crippen LogP contribution in [0.1, 0.15) is 26.3 Å². The summed E-state index contributed by atoms with van der Waals surface area (Å²) >= 11 is 3.42. The highest BCUT2D eigenvalue weighted by Gasteiger charge is 2.30. The summed E-state index contributed by atoms with van der Waals surface area (Å²) in [6, 6.07) is 12.9. The minimum absolute atomic E-state index is 0.105. The Morgan fingerprint density at radius 2 is 1.76 bits per heavy atom. The molecule has 0 fully saturated rings. The molecule has 2 aromatic carbocycles. The Kier molecular flexibility index (Phi) is 9.30. The lowest BCUT2D eigenvalue weighted by Crippen LogP contribution is -2.52. The molecule has 0 aliphatic heterocycles. The summed E-state index contributed by atoms with van der Waals surface area (Å²) in [6.07, 6.45) is 1.04. The molecule has 8 nitrogen and oxygen atoms in total. The van der Waals surface area contributed by atoms with Gasteiger partial charge in [0.05, 0.1) is 19.1 Å². The van der Waals surface area contributed by atoms with E-state index in [0.717, 1.165) is 20.6 Å². The van der Waals surface area contributed by atoms with Crippen molar-refractivity contribution in [1.29, 1.82) is 0 Å². The average Bonchev–Trinajstić information content (AvgIpc) is 2.74. The van der Waals surface area contributed by atoms with Gasteiger partial charge in [-0.05, 0) is 50.6 Å². The Morgan fingerprint density at radius 1 is 1.09 bits per heavy atom. The maximum atomic E-state index is 13.4. The first kappa shape index (κ1) is 26.7. The van der Waals surface area contributed by atoms with Crippen molar-refractivity contribution >= 4 is 43.5 Å². The molecule has 0 aliphatic carbocycles. The molecule has 2 rings (SSSR count). The highest BCUT2D eigenvalue weighted by molar-refractivity contribution is 9.10. The van der Waals surface area contributed by atoms with Crippen molar-refractivity contribution in [2.24, 2.45) is 0 Å². The van der Waals surface area contributed by atoms with Gasteiger partial charge < -0.3 is 15.0 Å². The Labute approximate surface area is 204 Å². The van der Waals surface area contributed by atoms with Gasteiger partial charge in [0, 0.05) is 23.1 Å². The van der Waals surface area contributed by atoms with E-state index < -0.39 is 28.5 Å². The van der Waals surface area contributed by atoms with Crippen LogP contribution in [0, 0.1) is 0 Å². The first-order chi connectivity index (χ1) is 15.4. The van der Waals surface area contributed by atoms with Crippen molar-refractivity contribution in [3.63, 3.8) is 0 Å². The molecule has 0 bridgehead atoms. The molecule has 0 aromatic heterocycles. The zero-order chi connectivity index (χ0) is 24.8. The van der Waals surface area contributed by atoms with E-state index in [9.17, 15) is 18.0 Å². The maximum absolute atomic E-state index is 13.4. The van der Waals surface area contributed by atoms with Gasteiger partial charge in [-0.2, -0.15) is 0 Å². The molecular weight excluding hydrogens is 510 g/mol. The lowest BCUT2D eigenvalue weighted by molar-refractivity contribution is -0.139.